The van der Waals surface area contributed by atoms with Crippen molar-refractivity contribution in [1.82, 2.24) is 10.3 Å². The molecule has 1 aromatic heterocycles. The van der Waals surface area contributed by atoms with Gasteiger partial charge < -0.3 is 15.4 Å². The summed E-state index contributed by atoms with van der Waals surface area (Å²) in [6.45, 7) is 2.21. The van der Waals surface area contributed by atoms with Crippen LogP contribution >= 0.6 is 11.3 Å². The lowest BCUT2D eigenvalue weighted by molar-refractivity contribution is -0.130. The number of ether oxygens (including phenoxy) is 1. The van der Waals surface area contributed by atoms with E-state index in [1.54, 1.807) is 6.92 Å². The lowest BCUT2D eigenvalue weighted by Crippen LogP contribution is -2.40. The summed E-state index contributed by atoms with van der Waals surface area (Å²) in [5, 5.41) is 4.65. The van der Waals surface area contributed by atoms with E-state index in [1.807, 2.05) is 5.32 Å². The molecule has 12 heteroatoms. The van der Waals surface area contributed by atoms with Crippen molar-refractivity contribution >= 4 is 34.8 Å². The highest BCUT2D eigenvalue weighted by atomic mass is 32.1. The highest BCUT2D eigenvalue weighted by Gasteiger charge is 2.24. The molecule has 0 aliphatic carbocycles. The summed E-state index contributed by atoms with van der Waals surface area (Å²) in [6, 6.07) is 7.00. The molecule has 178 valence electrons. The number of nitrogens with one attached hydrogen (secondary N) is 2. The van der Waals surface area contributed by atoms with Gasteiger partial charge in [0.15, 0.2) is 23.6 Å². The molecule has 7 nitrogen and oxygen atoms in total. The number of aromatic nitrogens is 1. The van der Waals surface area contributed by atoms with Crippen molar-refractivity contribution in [1.29, 1.82) is 0 Å². The second-order valence-corrected chi connectivity index (χ2v) is 7.98. The first-order valence-corrected chi connectivity index (χ1v) is 10.5. The van der Waals surface area contributed by atoms with Crippen molar-refractivity contribution in [3.05, 3.63) is 70.2 Å². The molecule has 0 fully saturated rings. The van der Waals surface area contributed by atoms with Crippen molar-refractivity contribution in [3.8, 4) is 10.6 Å². The van der Waals surface area contributed by atoms with Crippen molar-refractivity contribution in [2.45, 2.75) is 20.0 Å². The third kappa shape index (κ3) is 5.76. The number of halogens is 4. The molecule has 2 N–H and O–H groups in total. The van der Waals surface area contributed by atoms with Crippen LogP contribution in [-0.2, 0) is 14.3 Å². The molecule has 0 saturated carbocycles. The van der Waals surface area contributed by atoms with Gasteiger partial charge in [-0.05, 0) is 50.2 Å². The normalized spacial score (nSPS) is 11.6. The minimum Gasteiger partial charge on any atom is -0.448 e. The first-order valence-electron chi connectivity index (χ1n) is 9.72. The average molecular weight is 495 g/mol. The topological polar surface area (TPSA) is 97.4 Å². The smallest absolute Gasteiger partial charge is 0.351 e. The molecule has 3 aromatic rings. The van der Waals surface area contributed by atoms with Crippen LogP contribution in [0.3, 0.4) is 0 Å². The molecule has 0 aliphatic heterocycles. The van der Waals surface area contributed by atoms with Gasteiger partial charge >= 0.3 is 5.97 Å². The molecule has 2 aromatic carbocycles. The number of nitrogens with zero attached hydrogens (tertiary/aromatic N) is 1. The molecule has 34 heavy (non-hydrogen) atoms. The van der Waals surface area contributed by atoms with Crippen molar-refractivity contribution in [3.63, 3.8) is 0 Å². The highest BCUT2D eigenvalue weighted by molar-refractivity contribution is 7.17. The Morgan fingerprint density at radius 2 is 1.71 bits per heavy atom. The van der Waals surface area contributed by atoms with Gasteiger partial charge in [-0.1, -0.05) is 0 Å². The van der Waals surface area contributed by atoms with E-state index < -0.39 is 59.4 Å². The SMILES string of the molecule is Cc1nc(-c2ccc(F)cc2)sc1C(=O)OC(C)C(=O)NCC(=O)Nc1ccc(F)c(F)c1F. The Morgan fingerprint density at radius 1 is 1.03 bits per heavy atom. The minimum absolute atomic E-state index is 0.144. The fourth-order valence-electron chi connectivity index (χ4n) is 2.70. The van der Waals surface area contributed by atoms with Crippen LogP contribution in [-0.4, -0.2) is 35.4 Å². The lowest BCUT2D eigenvalue weighted by atomic mass is 10.2. The standard InChI is InChI=1S/C22H17F4N3O4S/c1-10-19(34-21(28-10)12-3-5-13(23)6-4-12)22(32)33-11(2)20(31)27-9-16(30)29-15-8-7-14(24)17(25)18(15)26/h3-8,11H,9H2,1-2H3,(H,27,31)(H,29,30). The number of benzene rings is 2. The van der Waals surface area contributed by atoms with Gasteiger partial charge in [-0.3, -0.25) is 9.59 Å². The van der Waals surface area contributed by atoms with Crippen molar-refractivity contribution < 1.29 is 36.7 Å². The quantitative estimate of drug-likeness (QED) is 0.294. The number of hydrogen-bond acceptors (Lipinski definition) is 6. The fraction of sp³-hybridized carbons (Fsp3) is 0.182. The molecule has 0 aliphatic rings. The van der Waals surface area contributed by atoms with Gasteiger partial charge in [0.1, 0.15) is 15.7 Å². The van der Waals surface area contributed by atoms with E-state index in [1.165, 1.54) is 31.2 Å². The van der Waals surface area contributed by atoms with E-state index >= 15 is 0 Å². The van der Waals surface area contributed by atoms with Crippen molar-refractivity contribution in [2.24, 2.45) is 0 Å². The average Bonchev–Trinajstić information content (AvgIpc) is 3.20. The summed E-state index contributed by atoms with van der Waals surface area (Å²) < 4.78 is 58.0. The van der Waals surface area contributed by atoms with Gasteiger partial charge in [0.25, 0.3) is 5.91 Å². The molecule has 0 bridgehead atoms. The summed E-state index contributed by atoms with van der Waals surface area (Å²) >= 11 is 1.01. The van der Waals surface area contributed by atoms with Crippen LogP contribution in [0, 0.1) is 30.2 Å². The summed E-state index contributed by atoms with van der Waals surface area (Å²) in [6.07, 6.45) is -1.30. The second kappa shape index (κ2) is 10.4. The van der Waals surface area contributed by atoms with Gasteiger partial charge in [-0.15, -0.1) is 11.3 Å². The third-order valence-corrected chi connectivity index (χ3v) is 5.65. The van der Waals surface area contributed by atoms with E-state index in [0.717, 1.165) is 17.4 Å². The van der Waals surface area contributed by atoms with Crippen LogP contribution < -0.4 is 10.6 Å². The van der Waals surface area contributed by atoms with Gasteiger partial charge in [-0.2, -0.15) is 0 Å². The lowest BCUT2D eigenvalue weighted by Gasteiger charge is -2.13. The van der Waals surface area contributed by atoms with Gasteiger partial charge in [0.2, 0.25) is 5.91 Å². The first-order chi connectivity index (χ1) is 16.1. The number of carbonyl (C=O) groups is 3. The number of carbonyl (C=O) groups excluding carboxylic acids is 3. The minimum atomic E-state index is -1.75. The summed E-state index contributed by atoms with van der Waals surface area (Å²) in [4.78, 5) is 40.9. The zero-order valence-corrected chi connectivity index (χ0v) is 18.6. The van der Waals surface area contributed by atoms with E-state index in [9.17, 15) is 31.9 Å². The molecule has 2 amide bonds. The Balaban J connectivity index is 1.55. The zero-order valence-electron chi connectivity index (χ0n) is 17.7. The number of rotatable bonds is 7. The van der Waals surface area contributed by atoms with Crippen LogP contribution in [0.5, 0.6) is 0 Å². The maximum Gasteiger partial charge on any atom is 0.351 e. The van der Waals surface area contributed by atoms with Crippen LogP contribution in [0.4, 0.5) is 23.2 Å². The molecule has 3 rings (SSSR count). The molecule has 0 radical (unpaired) electrons. The number of esters is 1. The van der Waals surface area contributed by atoms with Crippen LogP contribution in [0.15, 0.2) is 36.4 Å². The Kier molecular flexibility index (Phi) is 7.61. The van der Waals surface area contributed by atoms with Gasteiger partial charge in [-0.25, -0.2) is 27.3 Å². The zero-order chi connectivity index (χ0) is 25.0. The molecule has 1 unspecified atom stereocenters. The third-order valence-electron chi connectivity index (χ3n) is 4.46. The van der Waals surface area contributed by atoms with E-state index in [4.69, 9.17) is 4.74 Å². The summed E-state index contributed by atoms with van der Waals surface area (Å²) in [5.74, 6) is -7.72. The monoisotopic (exact) mass is 495 g/mol. The Hall–Kier alpha value is -3.80. The maximum atomic E-state index is 13.6. The largest absolute Gasteiger partial charge is 0.448 e. The molecule has 0 spiro atoms. The fourth-order valence-corrected chi connectivity index (χ4v) is 3.65. The van der Waals surface area contributed by atoms with Gasteiger partial charge in [0.05, 0.1) is 17.9 Å². The Bertz CT molecular complexity index is 1250. The Morgan fingerprint density at radius 3 is 2.38 bits per heavy atom. The van der Waals surface area contributed by atoms with Crippen LogP contribution in [0.25, 0.3) is 10.6 Å². The summed E-state index contributed by atoms with van der Waals surface area (Å²) in [5.41, 5.74) is 0.355. The van der Waals surface area contributed by atoms with E-state index in [-0.39, 0.29) is 4.88 Å². The number of aryl methyl sites for hydroxylation is 1. The van der Waals surface area contributed by atoms with Gasteiger partial charge in [0, 0.05) is 5.56 Å². The highest BCUT2D eigenvalue weighted by Crippen LogP contribution is 2.28. The number of hydrogen-bond donors (Lipinski definition) is 2. The van der Waals surface area contributed by atoms with Crippen molar-refractivity contribution in [2.75, 3.05) is 11.9 Å². The number of amides is 2. The molecule has 0 saturated heterocycles. The maximum absolute atomic E-state index is 13.6. The molecule has 1 heterocycles. The molecular weight excluding hydrogens is 478 g/mol. The van der Waals surface area contributed by atoms with E-state index in [0.29, 0.717) is 22.3 Å². The molecule has 1 atom stereocenters. The number of thiazole rings is 1. The first kappa shape index (κ1) is 24.8. The van der Waals surface area contributed by atoms with Crippen LogP contribution in [0.2, 0.25) is 0 Å². The second-order valence-electron chi connectivity index (χ2n) is 6.98. The summed E-state index contributed by atoms with van der Waals surface area (Å²) in [7, 11) is 0. The van der Waals surface area contributed by atoms with E-state index in [2.05, 4.69) is 10.3 Å². The molecular formula is C22H17F4N3O4S. The number of anilines is 1. The van der Waals surface area contributed by atoms with Crippen LogP contribution in [0.1, 0.15) is 22.3 Å². The predicted octanol–water partition coefficient (Wildman–Crippen LogP) is 3.98. The Labute approximate surface area is 194 Å². The predicted molar refractivity (Wildman–Crippen MR) is 115 cm³/mol.